The molecule has 3 nitrogen and oxygen atoms in total. The Labute approximate surface area is 144 Å². The van der Waals surface area contributed by atoms with Crippen LogP contribution in [0.4, 0.5) is 5.00 Å². The number of anilines is 1. The van der Waals surface area contributed by atoms with E-state index in [4.69, 9.17) is 11.6 Å². The Kier molecular flexibility index (Phi) is 4.70. The molecule has 1 aromatic heterocycles. The number of amides is 1. The summed E-state index contributed by atoms with van der Waals surface area (Å²) in [5, 5.41) is 12.2. The number of alkyl halides is 1. The van der Waals surface area contributed by atoms with Crippen molar-refractivity contribution in [1.82, 2.24) is 0 Å². The quantitative estimate of drug-likeness (QED) is 0.823. The highest BCUT2D eigenvalue weighted by atomic mass is 35.5. The van der Waals surface area contributed by atoms with Crippen molar-refractivity contribution in [1.29, 1.82) is 5.26 Å². The Hall–Kier alpha value is -1.83. The van der Waals surface area contributed by atoms with Gasteiger partial charge in [-0.15, -0.1) is 22.9 Å². The summed E-state index contributed by atoms with van der Waals surface area (Å²) in [7, 11) is 0. The van der Waals surface area contributed by atoms with Gasteiger partial charge in [0.1, 0.15) is 16.4 Å². The normalized spacial score (nSPS) is 17.9. The third-order valence-electron chi connectivity index (χ3n) is 4.18. The predicted octanol–water partition coefficient (Wildman–Crippen LogP) is 4.66. The van der Waals surface area contributed by atoms with E-state index < -0.39 is 5.38 Å². The molecule has 1 aromatic carbocycles. The first-order chi connectivity index (χ1) is 11.1. The maximum atomic E-state index is 12.4. The van der Waals surface area contributed by atoms with Crippen LogP contribution in [0.15, 0.2) is 30.3 Å². The Morgan fingerprint density at radius 1 is 1.43 bits per heavy atom. The molecule has 2 atom stereocenters. The minimum absolute atomic E-state index is 0.291. The van der Waals surface area contributed by atoms with E-state index in [9.17, 15) is 10.1 Å². The highest BCUT2D eigenvalue weighted by molar-refractivity contribution is 7.16. The van der Waals surface area contributed by atoms with Gasteiger partial charge in [-0.1, -0.05) is 37.3 Å². The third-order valence-corrected chi connectivity index (χ3v) is 5.80. The molecule has 0 unspecified atom stereocenters. The van der Waals surface area contributed by atoms with Crippen molar-refractivity contribution in [3.05, 3.63) is 51.9 Å². The molecule has 1 N–H and O–H groups in total. The number of carbonyl (C=O) groups excluding carboxylic acids is 1. The number of nitrogens with zero attached hydrogens (tertiary/aromatic N) is 1. The zero-order valence-electron chi connectivity index (χ0n) is 12.8. The summed E-state index contributed by atoms with van der Waals surface area (Å²) in [6.45, 7) is 2.22. The summed E-state index contributed by atoms with van der Waals surface area (Å²) < 4.78 is 0. The molecule has 0 spiro atoms. The fourth-order valence-corrected chi connectivity index (χ4v) is 4.47. The molecule has 23 heavy (non-hydrogen) atoms. The molecular formula is C18H17ClN2OS. The monoisotopic (exact) mass is 344 g/mol. The minimum Gasteiger partial charge on any atom is -0.315 e. The van der Waals surface area contributed by atoms with Gasteiger partial charge in [0, 0.05) is 4.88 Å². The lowest BCUT2D eigenvalue weighted by atomic mass is 9.88. The maximum Gasteiger partial charge on any atom is 0.247 e. The van der Waals surface area contributed by atoms with E-state index in [0.29, 0.717) is 16.5 Å². The van der Waals surface area contributed by atoms with Crippen LogP contribution in [0.1, 0.15) is 40.3 Å². The number of fused-ring (bicyclic) bond motifs is 1. The zero-order chi connectivity index (χ0) is 16.4. The highest BCUT2D eigenvalue weighted by Crippen LogP contribution is 2.39. The summed E-state index contributed by atoms with van der Waals surface area (Å²) >= 11 is 7.78. The molecule has 3 rings (SSSR count). The molecular weight excluding hydrogens is 328 g/mol. The molecule has 0 bridgehead atoms. The standard InChI is InChI=1S/C18H17ClN2OS/c1-11-7-8-13-14(10-20)18(23-15(13)9-11)21-17(22)16(19)12-5-3-2-4-6-12/h2-6,11,16H,7-9H2,1H3,(H,21,22)/t11-,16-/m0/s1. The molecule has 118 valence electrons. The van der Waals surface area contributed by atoms with E-state index in [2.05, 4.69) is 18.3 Å². The first kappa shape index (κ1) is 16.0. The van der Waals surface area contributed by atoms with Gasteiger partial charge in [-0.05, 0) is 36.3 Å². The van der Waals surface area contributed by atoms with E-state index in [1.165, 1.54) is 16.2 Å². The van der Waals surface area contributed by atoms with Crippen molar-refractivity contribution in [2.75, 3.05) is 5.32 Å². The molecule has 1 amide bonds. The number of thiophene rings is 1. The number of benzene rings is 1. The smallest absolute Gasteiger partial charge is 0.247 e. The van der Waals surface area contributed by atoms with Crippen LogP contribution in [0.3, 0.4) is 0 Å². The molecule has 0 fully saturated rings. The fourth-order valence-electron chi connectivity index (χ4n) is 2.91. The van der Waals surface area contributed by atoms with Crippen molar-refractivity contribution in [3.63, 3.8) is 0 Å². The minimum atomic E-state index is -0.763. The van der Waals surface area contributed by atoms with Crippen LogP contribution < -0.4 is 5.32 Å². The third kappa shape index (κ3) is 3.26. The van der Waals surface area contributed by atoms with Crippen LogP contribution in [0.2, 0.25) is 0 Å². The van der Waals surface area contributed by atoms with Crippen LogP contribution in [-0.2, 0) is 17.6 Å². The Balaban J connectivity index is 1.83. The number of carbonyl (C=O) groups is 1. The van der Waals surface area contributed by atoms with Gasteiger partial charge in [0.2, 0.25) is 5.91 Å². The lowest BCUT2D eigenvalue weighted by Crippen LogP contribution is -2.17. The molecule has 0 saturated carbocycles. The van der Waals surface area contributed by atoms with Crippen LogP contribution >= 0.6 is 22.9 Å². The SMILES string of the molecule is C[C@H]1CCc2c(sc(NC(=O)[C@@H](Cl)c3ccccc3)c2C#N)C1. The lowest BCUT2D eigenvalue weighted by Gasteiger charge is -2.17. The summed E-state index contributed by atoms with van der Waals surface area (Å²) in [5.74, 6) is 0.336. The van der Waals surface area contributed by atoms with Crippen molar-refractivity contribution < 1.29 is 4.79 Å². The molecule has 1 aliphatic carbocycles. The van der Waals surface area contributed by atoms with Crippen LogP contribution in [0, 0.1) is 17.2 Å². The molecule has 0 radical (unpaired) electrons. The average Bonchev–Trinajstić information content (AvgIpc) is 2.90. The fraction of sp³-hybridized carbons (Fsp3) is 0.333. The van der Waals surface area contributed by atoms with E-state index in [-0.39, 0.29) is 5.91 Å². The first-order valence-corrected chi connectivity index (χ1v) is 8.90. The van der Waals surface area contributed by atoms with E-state index in [0.717, 1.165) is 30.4 Å². The molecule has 2 aromatic rings. The number of rotatable bonds is 3. The summed E-state index contributed by atoms with van der Waals surface area (Å²) in [4.78, 5) is 13.6. The van der Waals surface area contributed by atoms with E-state index in [1.54, 1.807) is 0 Å². The molecule has 0 saturated heterocycles. The highest BCUT2D eigenvalue weighted by Gasteiger charge is 2.26. The summed E-state index contributed by atoms with van der Waals surface area (Å²) in [6, 6.07) is 11.5. The zero-order valence-corrected chi connectivity index (χ0v) is 14.4. The van der Waals surface area contributed by atoms with Crippen molar-refractivity contribution in [2.24, 2.45) is 5.92 Å². The average molecular weight is 345 g/mol. The predicted molar refractivity (Wildman–Crippen MR) is 93.9 cm³/mol. The second kappa shape index (κ2) is 6.74. The molecule has 5 heteroatoms. The molecule has 1 aliphatic rings. The van der Waals surface area contributed by atoms with Gasteiger partial charge in [0.05, 0.1) is 5.56 Å². The van der Waals surface area contributed by atoms with E-state index >= 15 is 0 Å². The number of nitrogens with one attached hydrogen (secondary N) is 1. The van der Waals surface area contributed by atoms with Gasteiger partial charge in [0.25, 0.3) is 0 Å². The van der Waals surface area contributed by atoms with Crippen molar-refractivity contribution >= 4 is 33.8 Å². The second-order valence-electron chi connectivity index (χ2n) is 5.93. The molecule has 0 aliphatic heterocycles. The number of nitriles is 1. The summed E-state index contributed by atoms with van der Waals surface area (Å²) in [5.41, 5.74) is 2.47. The second-order valence-corrected chi connectivity index (χ2v) is 7.47. The van der Waals surface area contributed by atoms with Crippen molar-refractivity contribution in [3.8, 4) is 6.07 Å². The van der Waals surface area contributed by atoms with Crippen LogP contribution in [-0.4, -0.2) is 5.91 Å². The van der Waals surface area contributed by atoms with Gasteiger partial charge in [-0.2, -0.15) is 5.26 Å². The first-order valence-electron chi connectivity index (χ1n) is 7.64. The Bertz CT molecular complexity index is 763. The van der Waals surface area contributed by atoms with Crippen molar-refractivity contribution in [2.45, 2.75) is 31.6 Å². The van der Waals surface area contributed by atoms with Crippen LogP contribution in [0.5, 0.6) is 0 Å². The van der Waals surface area contributed by atoms with Crippen LogP contribution in [0.25, 0.3) is 0 Å². The number of hydrogen-bond acceptors (Lipinski definition) is 3. The van der Waals surface area contributed by atoms with Gasteiger partial charge >= 0.3 is 0 Å². The maximum absolute atomic E-state index is 12.4. The van der Waals surface area contributed by atoms with Gasteiger partial charge in [-0.3, -0.25) is 4.79 Å². The van der Waals surface area contributed by atoms with Gasteiger partial charge < -0.3 is 5.32 Å². The summed E-state index contributed by atoms with van der Waals surface area (Å²) in [6.07, 6.45) is 2.98. The van der Waals surface area contributed by atoms with E-state index in [1.807, 2.05) is 30.3 Å². The number of halogens is 1. The van der Waals surface area contributed by atoms with Gasteiger partial charge in [0.15, 0.2) is 0 Å². The van der Waals surface area contributed by atoms with Gasteiger partial charge in [-0.25, -0.2) is 0 Å². The Morgan fingerprint density at radius 2 is 2.17 bits per heavy atom. The largest absolute Gasteiger partial charge is 0.315 e. The Morgan fingerprint density at radius 3 is 2.87 bits per heavy atom. The molecule has 1 heterocycles. The lowest BCUT2D eigenvalue weighted by molar-refractivity contribution is -0.115. The number of hydrogen-bond donors (Lipinski definition) is 1. The topological polar surface area (TPSA) is 52.9 Å².